The molecular weight excluding hydrogens is 533 g/mol. The van der Waals surface area contributed by atoms with Crippen molar-refractivity contribution < 1.29 is 14.3 Å². The third kappa shape index (κ3) is 4.40. The molecule has 40 heavy (non-hydrogen) atoms. The standard InChI is InChI=1S/C30H27ClFN5O3/c1-3-25(39)35-13-14-36(17(2)16-35)28-20-15-21(31)27(26-22(32)8-6-10-24(26)38)33-29(20)37(30(40)34-28)23-9-5-4-7-19(23)18-11-12-18/h3-10,15,17-18,38H,1,11-14,16H2,2H3/t17-/m0/s1. The van der Waals surface area contributed by atoms with Gasteiger partial charge in [-0.3, -0.25) is 4.79 Å². The Morgan fingerprint density at radius 1 is 1.15 bits per heavy atom. The SMILES string of the molecule is C=CC(=O)N1CCN(c2nc(=O)n(-c3ccccc3C3CC3)c3nc(-c4c(O)cccc4F)c(Cl)cc23)[C@@H](C)C1. The molecule has 10 heteroatoms. The lowest BCUT2D eigenvalue weighted by molar-refractivity contribution is -0.126. The predicted octanol–water partition coefficient (Wildman–Crippen LogP) is 5.05. The number of hydrogen-bond donors (Lipinski definition) is 1. The van der Waals surface area contributed by atoms with Gasteiger partial charge in [-0.25, -0.2) is 18.7 Å². The van der Waals surface area contributed by atoms with Gasteiger partial charge in [-0.2, -0.15) is 4.98 Å². The maximum Gasteiger partial charge on any atom is 0.355 e. The van der Waals surface area contributed by atoms with Crippen LogP contribution in [-0.2, 0) is 4.79 Å². The number of piperazine rings is 1. The van der Waals surface area contributed by atoms with Crippen LogP contribution >= 0.6 is 11.6 Å². The summed E-state index contributed by atoms with van der Waals surface area (Å²) in [5.41, 5.74) is 1.26. The molecule has 3 heterocycles. The van der Waals surface area contributed by atoms with Crippen LogP contribution in [0.25, 0.3) is 28.0 Å². The third-order valence-electron chi connectivity index (χ3n) is 7.61. The number of fused-ring (bicyclic) bond motifs is 1. The molecule has 204 valence electrons. The van der Waals surface area contributed by atoms with Gasteiger partial charge < -0.3 is 14.9 Å². The highest BCUT2D eigenvalue weighted by Gasteiger charge is 2.32. The molecule has 1 saturated heterocycles. The molecule has 1 aliphatic carbocycles. The molecule has 2 aromatic heterocycles. The van der Waals surface area contributed by atoms with Crippen LogP contribution in [0.15, 0.2) is 66.0 Å². The van der Waals surface area contributed by atoms with Gasteiger partial charge in [0.1, 0.15) is 17.4 Å². The summed E-state index contributed by atoms with van der Waals surface area (Å²) in [7, 11) is 0. The van der Waals surface area contributed by atoms with Crippen LogP contribution in [0.2, 0.25) is 5.02 Å². The number of nitrogens with zero attached hydrogens (tertiary/aromatic N) is 5. The second-order valence-electron chi connectivity index (χ2n) is 10.2. The third-order valence-corrected chi connectivity index (χ3v) is 7.90. The molecule has 0 radical (unpaired) electrons. The number of halogens is 2. The summed E-state index contributed by atoms with van der Waals surface area (Å²) in [6.07, 6.45) is 3.33. The number of anilines is 1. The lowest BCUT2D eigenvalue weighted by atomic mass is 10.1. The van der Waals surface area contributed by atoms with Crippen LogP contribution in [0.1, 0.15) is 31.2 Å². The van der Waals surface area contributed by atoms with E-state index in [0.717, 1.165) is 18.4 Å². The number of aromatic hydroxyl groups is 1. The van der Waals surface area contributed by atoms with Crippen LogP contribution in [0.5, 0.6) is 5.75 Å². The van der Waals surface area contributed by atoms with E-state index in [4.69, 9.17) is 16.6 Å². The van der Waals surface area contributed by atoms with Crippen LogP contribution in [0, 0.1) is 5.82 Å². The first kappa shape index (κ1) is 26.0. The fraction of sp³-hybridized carbons (Fsp3) is 0.267. The average molecular weight is 560 g/mol. The lowest BCUT2D eigenvalue weighted by Gasteiger charge is -2.40. The van der Waals surface area contributed by atoms with Crippen molar-refractivity contribution in [3.05, 3.63) is 88.1 Å². The second-order valence-corrected chi connectivity index (χ2v) is 10.6. The Morgan fingerprint density at radius 3 is 2.62 bits per heavy atom. The Balaban J connectivity index is 1.61. The fourth-order valence-corrected chi connectivity index (χ4v) is 5.74. The fourth-order valence-electron chi connectivity index (χ4n) is 5.50. The number of phenolic OH excluding ortho intramolecular Hbond substituents is 1. The number of carbonyl (C=O) groups is 1. The molecule has 1 aliphatic heterocycles. The molecule has 1 saturated carbocycles. The zero-order valence-electron chi connectivity index (χ0n) is 21.8. The van der Waals surface area contributed by atoms with Crippen molar-refractivity contribution in [2.45, 2.75) is 31.7 Å². The van der Waals surface area contributed by atoms with E-state index in [1.807, 2.05) is 36.1 Å². The summed E-state index contributed by atoms with van der Waals surface area (Å²) in [6, 6.07) is 13.1. The average Bonchev–Trinajstić information content (AvgIpc) is 3.78. The number of pyridine rings is 1. The van der Waals surface area contributed by atoms with Gasteiger partial charge in [0.2, 0.25) is 5.91 Å². The van der Waals surface area contributed by atoms with E-state index in [0.29, 0.717) is 42.4 Å². The molecule has 2 fully saturated rings. The van der Waals surface area contributed by atoms with Crippen molar-refractivity contribution in [3.63, 3.8) is 0 Å². The summed E-state index contributed by atoms with van der Waals surface area (Å²) < 4.78 is 16.4. The van der Waals surface area contributed by atoms with Gasteiger partial charge in [-0.15, -0.1) is 0 Å². The first-order valence-electron chi connectivity index (χ1n) is 13.2. The topological polar surface area (TPSA) is 91.6 Å². The van der Waals surface area contributed by atoms with Crippen LogP contribution in [0.4, 0.5) is 10.2 Å². The van der Waals surface area contributed by atoms with Crippen molar-refractivity contribution in [3.8, 4) is 22.7 Å². The molecule has 2 aliphatic rings. The first-order chi connectivity index (χ1) is 19.3. The molecule has 8 nitrogen and oxygen atoms in total. The van der Waals surface area contributed by atoms with E-state index >= 15 is 0 Å². The number of carbonyl (C=O) groups excluding carboxylic acids is 1. The highest BCUT2D eigenvalue weighted by molar-refractivity contribution is 6.34. The second kappa shape index (κ2) is 10.1. The highest BCUT2D eigenvalue weighted by atomic mass is 35.5. The van der Waals surface area contributed by atoms with Crippen LogP contribution in [-0.4, -0.2) is 56.1 Å². The normalized spacial score (nSPS) is 17.3. The number of phenols is 1. The van der Waals surface area contributed by atoms with Gasteiger partial charge in [0.15, 0.2) is 5.65 Å². The predicted molar refractivity (Wildman–Crippen MR) is 153 cm³/mol. The Morgan fingerprint density at radius 2 is 1.93 bits per heavy atom. The van der Waals surface area contributed by atoms with Gasteiger partial charge in [0, 0.05) is 25.7 Å². The van der Waals surface area contributed by atoms with Crippen molar-refractivity contribution in [2.24, 2.45) is 0 Å². The maximum absolute atomic E-state index is 15.0. The minimum Gasteiger partial charge on any atom is -0.507 e. The Labute approximate surface area is 235 Å². The zero-order chi connectivity index (χ0) is 28.1. The van der Waals surface area contributed by atoms with Gasteiger partial charge in [-0.1, -0.05) is 42.4 Å². The van der Waals surface area contributed by atoms with E-state index in [2.05, 4.69) is 11.6 Å². The Hall–Kier alpha value is -4.24. The first-order valence-corrected chi connectivity index (χ1v) is 13.5. The molecule has 0 spiro atoms. The minimum atomic E-state index is -0.688. The van der Waals surface area contributed by atoms with Gasteiger partial charge in [0.25, 0.3) is 0 Å². The number of benzene rings is 2. The smallest absolute Gasteiger partial charge is 0.355 e. The van der Waals surface area contributed by atoms with Gasteiger partial charge in [0.05, 0.1) is 27.4 Å². The van der Waals surface area contributed by atoms with Crippen molar-refractivity contribution in [1.29, 1.82) is 0 Å². The number of para-hydroxylation sites is 1. The highest BCUT2D eigenvalue weighted by Crippen LogP contribution is 2.43. The Kier molecular flexibility index (Phi) is 6.54. The monoisotopic (exact) mass is 559 g/mol. The molecule has 1 atom stereocenters. The number of aromatic nitrogens is 3. The molecule has 2 aromatic carbocycles. The minimum absolute atomic E-state index is 0.0217. The summed E-state index contributed by atoms with van der Waals surface area (Å²) in [5.74, 6) is -0.442. The summed E-state index contributed by atoms with van der Waals surface area (Å²) in [5, 5.41) is 11.1. The van der Waals surface area contributed by atoms with Gasteiger partial charge >= 0.3 is 5.69 Å². The maximum atomic E-state index is 15.0. The van der Waals surface area contributed by atoms with Crippen molar-refractivity contribution in [2.75, 3.05) is 24.5 Å². The van der Waals surface area contributed by atoms with Crippen LogP contribution < -0.4 is 10.6 Å². The number of amides is 1. The molecule has 1 amide bonds. The van der Waals surface area contributed by atoms with Crippen molar-refractivity contribution >= 4 is 34.4 Å². The quantitative estimate of drug-likeness (QED) is 0.344. The van der Waals surface area contributed by atoms with E-state index in [1.54, 1.807) is 11.0 Å². The Bertz CT molecular complexity index is 1710. The molecule has 0 unspecified atom stereocenters. The summed E-state index contributed by atoms with van der Waals surface area (Å²) >= 11 is 6.70. The largest absolute Gasteiger partial charge is 0.507 e. The molecule has 1 N–H and O–H groups in total. The van der Waals surface area contributed by atoms with Crippen LogP contribution in [0.3, 0.4) is 0 Å². The zero-order valence-corrected chi connectivity index (χ0v) is 22.6. The summed E-state index contributed by atoms with van der Waals surface area (Å²) in [4.78, 5) is 39.0. The molecular formula is C30H27ClFN5O3. The van der Waals surface area contributed by atoms with E-state index < -0.39 is 11.5 Å². The van der Waals surface area contributed by atoms with Crippen molar-refractivity contribution in [1.82, 2.24) is 19.4 Å². The molecule has 0 bridgehead atoms. The van der Waals surface area contributed by atoms with E-state index in [9.17, 15) is 19.1 Å². The van der Waals surface area contributed by atoms with E-state index in [-0.39, 0.29) is 39.6 Å². The van der Waals surface area contributed by atoms with E-state index in [1.165, 1.54) is 28.8 Å². The number of rotatable bonds is 5. The lowest BCUT2D eigenvalue weighted by Crippen LogP contribution is -2.54. The molecule has 4 aromatic rings. The van der Waals surface area contributed by atoms with Gasteiger partial charge in [-0.05, 0) is 61.6 Å². The number of hydrogen-bond acceptors (Lipinski definition) is 6. The summed E-state index contributed by atoms with van der Waals surface area (Å²) in [6.45, 7) is 6.80. The molecule has 6 rings (SSSR count).